The molecule has 0 unspecified atom stereocenters. The van der Waals surface area contributed by atoms with E-state index in [1.165, 1.54) is 12.1 Å². The zero-order chi connectivity index (χ0) is 25.7. The van der Waals surface area contributed by atoms with Gasteiger partial charge in [-0.3, -0.25) is 24.1 Å². The number of fused-ring (bicyclic) bond motifs is 1. The standard InChI is InChI=1S/C26H29N3O6/c1-5-28(6-2)23(31)17-11-13-18(14-12-17)27-21(30)15-35-26(34)22(16(3)4)29-24(32)19-9-7-8-10-20(19)25(29)33/h7-14,16,22H,5-6,15H2,1-4H3,(H,27,30)/t22-/m0/s1. The molecule has 1 N–H and O–H groups in total. The van der Waals surface area contributed by atoms with Crippen molar-refractivity contribution in [1.29, 1.82) is 0 Å². The molecule has 0 saturated heterocycles. The van der Waals surface area contributed by atoms with Crippen LogP contribution >= 0.6 is 0 Å². The molecule has 2 aromatic carbocycles. The van der Waals surface area contributed by atoms with Crippen molar-refractivity contribution < 1.29 is 28.7 Å². The first-order valence-electron chi connectivity index (χ1n) is 11.5. The number of nitrogens with zero attached hydrogens (tertiary/aromatic N) is 2. The monoisotopic (exact) mass is 479 g/mol. The van der Waals surface area contributed by atoms with Gasteiger partial charge in [-0.25, -0.2) is 4.79 Å². The Labute approximate surface area is 204 Å². The maximum Gasteiger partial charge on any atom is 0.330 e. The van der Waals surface area contributed by atoms with Crippen LogP contribution in [0.2, 0.25) is 0 Å². The second-order valence-corrected chi connectivity index (χ2v) is 8.43. The summed E-state index contributed by atoms with van der Waals surface area (Å²) >= 11 is 0. The number of esters is 1. The topological polar surface area (TPSA) is 113 Å². The van der Waals surface area contributed by atoms with E-state index in [2.05, 4.69) is 5.32 Å². The molecule has 0 aliphatic carbocycles. The van der Waals surface area contributed by atoms with Gasteiger partial charge in [0.15, 0.2) is 6.61 Å². The van der Waals surface area contributed by atoms with Crippen LogP contribution < -0.4 is 5.32 Å². The van der Waals surface area contributed by atoms with Crippen molar-refractivity contribution in [2.24, 2.45) is 5.92 Å². The second kappa shape index (κ2) is 10.9. The van der Waals surface area contributed by atoms with Crippen molar-refractivity contribution in [3.63, 3.8) is 0 Å². The third kappa shape index (κ3) is 5.40. The number of carbonyl (C=O) groups is 5. The van der Waals surface area contributed by atoms with E-state index in [1.54, 1.807) is 55.1 Å². The molecule has 0 spiro atoms. The molecule has 1 atom stereocenters. The van der Waals surface area contributed by atoms with Crippen LogP contribution in [0.25, 0.3) is 0 Å². The lowest BCUT2D eigenvalue weighted by Crippen LogP contribution is -2.49. The van der Waals surface area contributed by atoms with Gasteiger partial charge in [0.2, 0.25) is 0 Å². The van der Waals surface area contributed by atoms with Gasteiger partial charge < -0.3 is 15.0 Å². The summed E-state index contributed by atoms with van der Waals surface area (Å²) in [5, 5.41) is 2.60. The van der Waals surface area contributed by atoms with Crippen LogP contribution in [-0.2, 0) is 14.3 Å². The molecule has 9 nitrogen and oxygen atoms in total. The maximum atomic E-state index is 12.8. The van der Waals surface area contributed by atoms with Crippen molar-refractivity contribution in [2.45, 2.75) is 33.7 Å². The van der Waals surface area contributed by atoms with Crippen LogP contribution in [0.15, 0.2) is 48.5 Å². The van der Waals surface area contributed by atoms with Crippen LogP contribution in [0.3, 0.4) is 0 Å². The predicted octanol–water partition coefficient (Wildman–Crippen LogP) is 2.97. The van der Waals surface area contributed by atoms with E-state index >= 15 is 0 Å². The molecule has 1 aliphatic rings. The molecule has 1 heterocycles. The summed E-state index contributed by atoms with van der Waals surface area (Å²) in [7, 11) is 0. The number of benzene rings is 2. The highest BCUT2D eigenvalue weighted by molar-refractivity contribution is 6.22. The highest BCUT2D eigenvalue weighted by Crippen LogP contribution is 2.27. The molecular formula is C26H29N3O6. The minimum atomic E-state index is -1.17. The van der Waals surface area contributed by atoms with E-state index in [0.29, 0.717) is 24.3 Å². The number of nitrogens with one attached hydrogen (secondary N) is 1. The van der Waals surface area contributed by atoms with E-state index in [4.69, 9.17) is 4.74 Å². The van der Waals surface area contributed by atoms with Crippen molar-refractivity contribution in [3.8, 4) is 0 Å². The van der Waals surface area contributed by atoms with Gasteiger partial charge in [0.05, 0.1) is 11.1 Å². The lowest BCUT2D eigenvalue weighted by molar-refractivity contribution is -0.152. The highest BCUT2D eigenvalue weighted by atomic mass is 16.5. The Bertz CT molecular complexity index is 1100. The fraction of sp³-hybridized carbons (Fsp3) is 0.346. The number of carbonyl (C=O) groups excluding carboxylic acids is 5. The van der Waals surface area contributed by atoms with E-state index in [9.17, 15) is 24.0 Å². The zero-order valence-electron chi connectivity index (χ0n) is 20.2. The lowest BCUT2D eigenvalue weighted by atomic mass is 10.0. The van der Waals surface area contributed by atoms with Gasteiger partial charge in [0.1, 0.15) is 6.04 Å². The Kier molecular flexibility index (Phi) is 8.01. The van der Waals surface area contributed by atoms with E-state index in [0.717, 1.165) is 4.90 Å². The van der Waals surface area contributed by atoms with E-state index in [1.807, 2.05) is 13.8 Å². The van der Waals surface area contributed by atoms with E-state index in [-0.39, 0.29) is 17.0 Å². The normalized spacial score (nSPS) is 13.5. The summed E-state index contributed by atoms with van der Waals surface area (Å²) in [6, 6.07) is 11.6. The van der Waals surface area contributed by atoms with Gasteiger partial charge in [-0.05, 0) is 56.2 Å². The molecule has 0 bridgehead atoms. The van der Waals surface area contributed by atoms with Gasteiger partial charge in [-0.2, -0.15) is 0 Å². The Morgan fingerprint density at radius 1 is 0.914 bits per heavy atom. The smallest absolute Gasteiger partial charge is 0.330 e. The minimum Gasteiger partial charge on any atom is -0.454 e. The first kappa shape index (κ1) is 25.6. The Balaban J connectivity index is 1.61. The third-order valence-corrected chi connectivity index (χ3v) is 5.79. The predicted molar refractivity (Wildman–Crippen MR) is 129 cm³/mol. The SMILES string of the molecule is CCN(CC)C(=O)c1ccc(NC(=O)COC(=O)[C@H](C(C)C)N2C(=O)c3ccccc3C2=O)cc1. The minimum absolute atomic E-state index is 0.102. The molecule has 1 aliphatic heterocycles. The summed E-state index contributed by atoms with van der Waals surface area (Å²) < 4.78 is 5.17. The average Bonchev–Trinajstić information content (AvgIpc) is 3.09. The second-order valence-electron chi connectivity index (χ2n) is 8.43. The molecular weight excluding hydrogens is 450 g/mol. The molecule has 184 valence electrons. The molecule has 4 amide bonds. The summed E-state index contributed by atoms with van der Waals surface area (Å²) in [6.07, 6.45) is 0. The quantitative estimate of drug-likeness (QED) is 0.437. The highest BCUT2D eigenvalue weighted by Gasteiger charge is 2.44. The fourth-order valence-electron chi connectivity index (χ4n) is 3.94. The molecule has 0 fully saturated rings. The van der Waals surface area contributed by atoms with Crippen LogP contribution in [-0.4, -0.2) is 65.1 Å². The van der Waals surface area contributed by atoms with Crippen molar-refractivity contribution in [3.05, 3.63) is 65.2 Å². The summed E-state index contributed by atoms with van der Waals surface area (Å²) in [5.41, 5.74) is 1.40. The first-order chi connectivity index (χ1) is 16.7. The number of rotatable bonds is 9. The summed E-state index contributed by atoms with van der Waals surface area (Å²) in [6.45, 7) is 7.78. The molecule has 0 radical (unpaired) electrons. The van der Waals surface area contributed by atoms with Gasteiger partial charge in [0.25, 0.3) is 23.6 Å². The molecule has 3 rings (SSSR count). The number of imide groups is 1. The van der Waals surface area contributed by atoms with Gasteiger partial charge in [-0.15, -0.1) is 0 Å². The Morgan fingerprint density at radius 2 is 1.46 bits per heavy atom. The van der Waals surface area contributed by atoms with E-state index < -0.39 is 42.3 Å². The number of hydrogen-bond donors (Lipinski definition) is 1. The largest absolute Gasteiger partial charge is 0.454 e. The fourth-order valence-corrected chi connectivity index (χ4v) is 3.94. The summed E-state index contributed by atoms with van der Waals surface area (Å²) in [5.74, 6) is -3.09. The van der Waals surface area contributed by atoms with Crippen LogP contribution in [0.1, 0.15) is 58.8 Å². The Hall–Kier alpha value is -4.01. The molecule has 0 aromatic heterocycles. The zero-order valence-corrected chi connectivity index (χ0v) is 20.2. The van der Waals surface area contributed by atoms with Crippen LogP contribution in [0.5, 0.6) is 0 Å². The van der Waals surface area contributed by atoms with Crippen molar-refractivity contribution >= 4 is 35.3 Å². The number of hydrogen-bond acceptors (Lipinski definition) is 6. The van der Waals surface area contributed by atoms with Crippen LogP contribution in [0.4, 0.5) is 5.69 Å². The molecule has 2 aromatic rings. The lowest BCUT2D eigenvalue weighted by Gasteiger charge is -2.27. The van der Waals surface area contributed by atoms with Crippen molar-refractivity contribution in [1.82, 2.24) is 9.80 Å². The third-order valence-electron chi connectivity index (χ3n) is 5.79. The van der Waals surface area contributed by atoms with Gasteiger partial charge in [-0.1, -0.05) is 26.0 Å². The maximum absolute atomic E-state index is 12.8. The number of amides is 4. The first-order valence-corrected chi connectivity index (χ1v) is 11.5. The average molecular weight is 480 g/mol. The van der Waals surface area contributed by atoms with Gasteiger partial charge >= 0.3 is 5.97 Å². The molecule has 35 heavy (non-hydrogen) atoms. The van der Waals surface area contributed by atoms with Gasteiger partial charge in [0, 0.05) is 24.3 Å². The molecule has 9 heteroatoms. The number of ether oxygens (including phenoxy) is 1. The molecule has 0 saturated carbocycles. The van der Waals surface area contributed by atoms with Crippen LogP contribution in [0, 0.1) is 5.92 Å². The Morgan fingerprint density at radius 3 is 1.94 bits per heavy atom. The van der Waals surface area contributed by atoms with Crippen molar-refractivity contribution in [2.75, 3.05) is 25.0 Å². The summed E-state index contributed by atoms with van der Waals surface area (Å²) in [4.78, 5) is 65.7. The number of anilines is 1.